The van der Waals surface area contributed by atoms with E-state index in [1.54, 1.807) is 12.1 Å². The molecule has 0 radical (unpaired) electrons. The Morgan fingerprint density at radius 1 is 1.40 bits per heavy atom. The molecule has 3 rings (SSSR count). The number of carbonyl (C=O) groups is 1. The number of carbonyl (C=O) groups excluding carboxylic acids is 1. The lowest BCUT2D eigenvalue weighted by Crippen LogP contribution is -2.05. The predicted octanol–water partition coefficient (Wildman–Crippen LogP) is 3.86. The molecule has 2 aromatic rings. The number of hydrogen-bond acceptors (Lipinski definition) is 3. The van der Waals surface area contributed by atoms with E-state index in [1.807, 2.05) is 12.1 Å². The first-order valence-corrected chi connectivity index (χ1v) is 7.39. The van der Waals surface area contributed by atoms with E-state index in [-0.39, 0.29) is 5.78 Å². The molecule has 1 aromatic heterocycles. The summed E-state index contributed by atoms with van der Waals surface area (Å²) >= 11 is 9.29. The van der Waals surface area contributed by atoms with Crippen LogP contribution in [0.3, 0.4) is 0 Å². The minimum atomic E-state index is 0.00472. The van der Waals surface area contributed by atoms with Gasteiger partial charge < -0.3 is 4.74 Å². The number of ether oxygens (including phenoxy) is 1. The van der Waals surface area contributed by atoms with Crippen molar-refractivity contribution in [1.82, 2.24) is 4.98 Å². The summed E-state index contributed by atoms with van der Waals surface area (Å²) in [5, 5.41) is 0.326. The molecule has 0 saturated carbocycles. The van der Waals surface area contributed by atoms with Crippen molar-refractivity contribution in [3.63, 3.8) is 0 Å². The first-order chi connectivity index (χ1) is 9.63. The van der Waals surface area contributed by atoms with Crippen LogP contribution in [-0.4, -0.2) is 17.4 Å². The topological polar surface area (TPSA) is 39.2 Å². The first kappa shape index (κ1) is 13.6. The Labute approximate surface area is 130 Å². The van der Waals surface area contributed by atoms with Gasteiger partial charge in [0.05, 0.1) is 6.61 Å². The van der Waals surface area contributed by atoms with Gasteiger partial charge in [0.25, 0.3) is 0 Å². The van der Waals surface area contributed by atoms with E-state index >= 15 is 0 Å². The van der Waals surface area contributed by atoms with Crippen molar-refractivity contribution >= 4 is 33.3 Å². The largest absolute Gasteiger partial charge is 0.493 e. The summed E-state index contributed by atoms with van der Waals surface area (Å²) in [6.07, 6.45) is 2.72. The van der Waals surface area contributed by atoms with Crippen LogP contribution in [-0.2, 0) is 12.8 Å². The number of fused-ring (bicyclic) bond motifs is 1. The predicted molar refractivity (Wildman–Crippen MR) is 80.6 cm³/mol. The molecule has 0 fully saturated rings. The Morgan fingerprint density at radius 3 is 3.05 bits per heavy atom. The van der Waals surface area contributed by atoms with Crippen LogP contribution in [0, 0.1) is 0 Å². The lowest BCUT2D eigenvalue weighted by Gasteiger charge is -2.08. The highest BCUT2D eigenvalue weighted by atomic mass is 79.9. The Kier molecular flexibility index (Phi) is 3.76. The van der Waals surface area contributed by atoms with E-state index in [2.05, 4.69) is 20.9 Å². The summed E-state index contributed by atoms with van der Waals surface area (Å²) in [5.41, 5.74) is 2.62. The van der Waals surface area contributed by atoms with Crippen molar-refractivity contribution in [1.29, 1.82) is 0 Å². The van der Waals surface area contributed by atoms with Gasteiger partial charge in [0.1, 0.15) is 10.9 Å². The molecule has 0 saturated heterocycles. The third-order valence-electron chi connectivity index (χ3n) is 3.22. The number of aromatic nitrogens is 1. The van der Waals surface area contributed by atoms with Crippen LogP contribution >= 0.6 is 27.5 Å². The molecule has 3 nitrogen and oxygen atoms in total. The molecule has 0 amide bonds. The van der Waals surface area contributed by atoms with Gasteiger partial charge in [-0.25, -0.2) is 4.98 Å². The number of nitrogens with zero attached hydrogens (tertiary/aromatic N) is 1. The maximum atomic E-state index is 12.3. The van der Waals surface area contributed by atoms with E-state index in [4.69, 9.17) is 16.3 Å². The maximum absolute atomic E-state index is 12.3. The van der Waals surface area contributed by atoms with Gasteiger partial charge in [-0.2, -0.15) is 0 Å². The van der Waals surface area contributed by atoms with E-state index in [0.717, 1.165) is 27.8 Å². The van der Waals surface area contributed by atoms with Gasteiger partial charge >= 0.3 is 0 Å². The molecule has 0 aliphatic carbocycles. The number of halogens is 2. The first-order valence-electron chi connectivity index (χ1n) is 6.22. The molecule has 1 aliphatic heterocycles. The summed E-state index contributed by atoms with van der Waals surface area (Å²) in [6.45, 7) is 0.675. The van der Waals surface area contributed by atoms with Crippen molar-refractivity contribution in [2.45, 2.75) is 12.8 Å². The summed E-state index contributed by atoms with van der Waals surface area (Å²) < 4.78 is 6.60. The summed E-state index contributed by atoms with van der Waals surface area (Å²) in [5.74, 6) is 0.854. The van der Waals surface area contributed by atoms with E-state index in [1.165, 1.54) is 6.20 Å². The van der Waals surface area contributed by atoms with Gasteiger partial charge in [-0.1, -0.05) is 27.5 Å². The quantitative estimate of drug-likeness (QED) is 0.622. The third kappa shape index (κ3) is 2.72. The lowest BCUT2D eigenvalue weighted by atomic mass is 10.0. The van der Waals surface area contributed by atoms with Crippen LogP contribution in [0.2, 0.25) is 5.15 Å². The Bertz CT molecular complexity index is 688. The van der Waals surface area contributed by atoms with Gasteiger partial charge in [0, 0.05) is 34.6 Å². The van der Waals surface area contributed by atoms with Crippen LogP contribution in [0.15, 0.2) is 34.9 Å². The highest BCUT2D eigenvalue weighted by Crippen LogP contribution is 2.33. The molecular weight excluding hydrogens is 342 g/mol. The van der Waals surface area contributed by atoms with Gasteiger partial charge in [-0.05, 0) is 29.8 Å². The average molecular weight is 353 g/mol. The summed E-state index contributed by atoms with van der Waals surface area (Å²) in [4.78, 5) is 16.2. The second kappa shape index (κ2) is 5.54. The number of rotatable bonds is 3. The Morgan fingerprint density at radius 2 is 2.25 bits per heavy atom. The second-order valence-corrected chi connectivity index (χ2v) is 5.92. The molecule has 1 aromatic carbocycles. The number of ketones is 1. The molecule has 20 heavy (non-hydrogen) atoms. The second-order valence-electron chi connectivity index (χ2n) is 4.62. The van der Waals surface area contributed by atoms with Gasteiger partial charge in [0.2, 0.25) is 0 Å². The summed E-state index contributed by atoms with van der Waals surface area (Å²) in [6, 6.07) is 7.24. The standard InChI is InChI=1S/C15H11BrClNO2/c16-12-5-10-2-4-20-15(10)11(6-12)7-13(19)9-1-3-18-14(17)8-9/h1,3,5-6,8H,2,4,7H2. The molecule has 102 valence electrons. The zero-order valence-corrected chi connectivity index (χ0v) is 12.9. The minimum Gasteiger partial charge on any atom is -0.493 e. The van der Waals surface area contributed by atoms with Gasteiger partial charge in [0.15, 0.2) is 5.78 Å². The molecule has 0 spiro atoms. The Hall–Kier alpha value is -1.39. The normalized spacial score (nSPS) is 12.9. The molecule has 1 aliphatic rings. The number of pyridine rings is 1. The van der Waals surface area contributed by atoms with E-state index < -0.39 is 0 Å². The molecule has 0 atom stereocenters. The SMILES string of the molecule is O=C(Cc1cc(Br)cc2c1OCC2)c1ccnc(Cl)c1. The smallest absolute Gasteiger partial charge is 0.167 e. The average Bonchev–Trinajstić information content (AvgIpc) is 2.86. The molecule has 0 bridgehead atoms. The van der Waals surface area contributed by atoms with Crippen LogP contribution in [0.1, 0.15) is 21.5 Å². The number of Topliss-reactive ketones (excluding diaryl/α,β-unsaturated/α-hetero) is 1. The lowest BCUT2D eigenvalue weighted by molar-refractivity contribution is 0.0992. The van der Waals surface area contributed by atoms with Crippen molar-refractivity contribution in [3.8, 4) is 5.75 Å². The van der Waals surface area contributed by atoms with Gasteiger partial charge in [-0.3, -0.25) is 4.79 Å². The van der Waals surface area contributed by atoms with Crippen LogP contribution < -0.4 is 4.74 Å². The van der Waals surface area contributed by atoms with Crippen molar-refractivity contribution in [2.24, 2.45) is 0 Å². The minimum absolute atomic E-state index is 0.00472. The third-order valence-corrected chi connectivity index (χ3v) is 3.89. The fourth-order valence-electron chi connectivity index (χ4n) is 2.33. The summed E-state index contributed by atoms with van der Waals surface area (Å²) in [7, 11) is 0. The van der Waals surface area contributed by atoms with Crippen molar-refractivity contribution in [2.75, 3.05) is 6.61 Å². The maximum Gasteiger partial charge on any atom is 0.167 e. The van der Waals surface area contributed by atoms with Crippen LogP contribution in [0.4, 0.5) is 0 Å². The van der Waals surface area contributed by atoms with Crippen LogP contribution in [0.25, 0.3) is 0 Å². The number of benzene rings is 1. The van der Waals surface area contributed by atoms with Crippen molar-refractivity contribution in [3.05, 3.63) is 56.8 Å². The highest BCUT2D eigenvalue weighted by Gasteiger charge is 2.19. The monoisotopic (exact) mass is 351 g/mol. The highest BCUT2D eigenvalue weighted by molar-refractivity contribution is 9.10. The van der Waals surface area contributed by atoms with E-state index in [0.29, 0.717) is 23.7 Å². The zero-order chi connectivity index (χ0) is 14.1. The fourth-order valence-corrected chi connectivity index (χ4v) is 3.05. The zero-order valence-electron chi connectivity index (χ0n) is 10.5. The van der Waals surface area contributed by atoms with Crippen LogP contribution in [0.5, 0.6) is 5.75 Å². The van der Waals surface area contributed by atoms with Gasteiger partial charge in [-0.15, -0.1) is 0 Å². The molecular formula is C15H11BrClNO2. The molecule has 2 heterocycles. The van der Waals surface area contributed by atoms with E-state index in [9.17, 15) is 4.79 Å². The molecule has 0 unspecified atom stereocenters. The fraction of sp³-hybridized carbons (Fsp3) is 0.200. The molecule has 0 N–H and O–H groups in total. The number of hydrogen-bond donors (Lipinski definition) is 0. The molecule has 5 heteroatoms. The van der Waals surface area contributed by atoms with Crippen molar-refractivity contribution < 1.29 is 9.53 Å². The Balaban J connectivity index is 1.90.